The predicted octanol–water partition coefficient (Wildman–Crippen LogP) is 5.41. The number of carbonyl (C=O) groups is 1. The summed E-state index contributed by atoms with van der Waals surface area (Å²) < 4.78 is 0.988. The van der Waals surface area contributed by atoms with Gasteiger partial charge in [-0.3, -0.25) is 4.79 Å². The van der Waals surface area contributed by atoms with E-state index in [1.807, 2.05) is 18.2 Å². The quantitative estimate of drug-likeness (QED) is 0.690. The number of thiophene rings is 1. The number of rotatable bonds is 4. The van der Waals surface area contributed by atoms with Crippen molar-refractivity contribution in [2.75, 3.05) is 0 Å². The fraction of sp³-hybridized carbons (Fsp3) is 0.267. The van der Waals surface area contributed by atoms with Crippen LogP contribution >= 0.6 is 34.5 Å². The van der Waals surface area contributed by atoms with E-state index in [2.05, 4.69) is 13.8 Å². The highest BCUT2D eigenvalue weighted by molar-refractivity contribution is 7.20. The molecule has 0 radical (unpaired) electrons. The summed E-state index contributed by atoms with van der Waals surface area (Å²) in [6.45, 7) is 4.21. The molecule has 19 heavy (non-hydrogen) atoms. The lowest BCUT2D eigenvalue weighted by Gasteiger charge is -2.08. The van der Waals surface area contributed by atoms with E-state index < -0.39 is 0 Å². The van der Waals surface area contributed by atoms with Gasteiger partial charge in [0.1, 0.15) is 4.34 Å². The number of carbonyl (C=O) groups excluding carboxylic acids is 1. The van der Waals surface area contributed by atoms with Crippen molar-refractivity contribution in [2.45, 2.75) is 26.7 Å². The SMILES string of the molecule is CCc1ccc(C(=O)c2cc(Cl)sc2Cl)cc1CC. The maximum atomic E-state index is 12.4. The summed E-state index contributed by atoms with van der Waals surface area (Å²) >= 11 is 13.1. The van der Waals surface area contributed by atoms with Gasteiger partial charge in [-0.15, -0.1) is 11.3 Å². The highest BCUT2D eigenvalue weighted by Gasteiger charge is 2.17. The number of halogens is 2. The molecule has 0 spiro atoms. The Kier molecular flexibility index (Phi) is 4.67. The Balaban J connectivity index is 2.42. The first-order valence-corrected chi connectivity index (χ1v) is 7.75. The van der Waals surface area contributed by atoms with Gasteiger partial charge in [-0.2, -0.15) is 0 Å². The highest BCUT2D eigenvalue weighted by atomic mass is 35.5. The second-order valence-electron chi connectivity index (χ2n) is 4.26. The van der Waals surface area contributed by atoms with Crippen LogP contribution in [0.3, 0.4) is 0 Å². The van der Waals surface area contributed by atoms with Crippen LogP contribution in [0.25, 0.3) is 0 Å². The van der Waals surface area contributed by atoms with E-state index in [9.17, 15) is 4.79 Å². The molecule has 0 unspecified atom stereocenters. The molecule has 2 rings (SSSR count). The molecular weight excluding hydrogens is 299 g/mol. The van der Waals surface area contributed by atoms with Gasteiger partial charge in [-0.1, -0.05) is 49.2 Å². The monoisotopic (exact) mass is 312 g/mol. The van der Waals surface area contributed by atoms with Crippen LogP contribution in [0, 0.1) is 0 Å². The van der Waals surface area contributed by atoms with Gasteiger partial charge in [-0.25, -0.2) is 0 Å². The second kappa shape index (κ2) is 6.08. The Bertz CT molecular complexity index is 617. The highest BCUT2D eigenvalue weighted by Crippen LogP contribution is 2.32. The van der Waals surface area contributed by atoms with Gasteiger partial charge in [0.25, 0.3) is 0 Å². The molecule has 0 fully saturated rings. The lowest BCUT2D eigenvalue weighted by atomic mass is 9.97. The van der Waals surface area contributed by atoms with Crippen molar-refractivity contribution < 1.29 is 4.79 Å². The third kappa shape index (κ3) is 3.02. The lowest BCUT2D eigenvalue weighted by Crippen LogP contribution is -2.03. The minimum atomic E-state index is -0.0643. The molecule has 1 nitrogen and oxygen atoms in total. The fourth-order valence-electron chi connectivity index (χ4n) is 2.09. The summed E-state index contributed by atoms with van der Waals surface area (Å²) in [5.41, 5.74) is 3.66. The molecule has 100 valence electrons. The average Bonchev–Trinajstić information content (AvgIpc) is 2.76. The van der Waals surface area contributed by atoms with Crippen molar-refractivity contribution >= 4 is 40.3 Å². The molecule has 0 N–H and O–H groups in total. The van der Waals surface area contributed by atoms with E-state index in [-0.39, 0.29) is 5.78 Å². The largest absolute Gasteiger partial charge is 0.289 e. The van der Waals surface area contributed by atoms with Crippen molar-refractivity contribution in [1.29, 1.82) is 0 Å². The molecule has 1 aromatic carbocycles. The van der Waals surface area contributed by atoms with Crippen LogP contribution in [-0.2, 0) is 12.8 Å². The molecule has 1 heterocycles. The van der Waals surface area contributed by atoms with Crippen molar-refractivity contribution in [3.63, 3.8) is 0 Å². The summed E-state index contributed by atoms with van der Waals surface area (Å²) in [5.74, 6) is -0.0643. The Morgan fingerprint density at radius 1 is 1.11 bits per heavy atom. The molecule has 4 heteroatoms. The van der Waals surface area contributed by atoms with E-state index in [1.54, 1.807) is 6.07 Å². The first-order chi connectivity index (χ1) is 9.06. The molecule has 0 bridgehead atoms. The zero-order valence-electron chi connectivity index (χ0n) is 10.8. The minimum Gasteiger partial charge on any atom is -0.289 e. The van der Waals surface area contributed by atoms with Gasteiger partial charge in [0.15, 0.2) is 5.78 Å². The van der Waals surface area contributed by atoms with E-state index in [0.717, 1.165) is 12.8 Å². The summed E-state index contributed by atoms with van der Waals surface area (Å²) in [6.07, 6.45) is 1.89. The third-order valence-corrected chi connectivity index (χ3v) is 4.62. The van der Waals surface area contributed by atoms with E-state index in [0.29, 0.717) is 19.8 Å². The van der Waals surface area contributed by atoms with Gasteiger partial charge in [0, 0.05) is 5.56 Å². The summed E-state index contributed by atoms with van der Waals surface area (Å²) in [7, 11) is 0. The molecule has 0 aliphatic heterocycles. The fourth-order valence-corrected chi connectivity index (χ4v) is 3.55. The summed E-state index contributed by atoms with van der Waals surface area (Å²) in [5, 5.41) is 0. The average molecular weight is 313 g/mol. The Morgan fingerprint density at radius 2 is 1.79 bits per heavy atom. The molecule has 2 aromatic rings. The zero-order chi connectivity index (χ0) is 14.0. The minimum absolute atomic E-state index is 0.0643. The van der Waals surface area contributed by atoms with E-state index >= 15 is 0 Å². The molecule has 0 saturated heterocycles. The smallest absolute Gasteiger partial charge is 0.195 e. The van der Waals surface area contributed by atoms with Crippen molar-refractivity contribution in [3.05, 3.63) is 55.2 Å². The maximum Gasteiger partial charge on any atom is 0.195 e. The van der Waals surface area contributed by atoms with Crippen LogP contribution in [0.4, 0.5) is 0 Å². The second-order valence-corrected chi connectivity index (χ2v) is 6.54. The predicted molar refractivity (Wildman–Crippen MR) is 83.0 cm³/mol. The van der Waals surface area contributed by atoms with Crippen LogP contribution in [0.2, 0.25) is 8.67 Å². The number of hydrogen-bond donors (Lipinski definition) is 0. The third-order valence-electron chi connectivity index (χ3n) is 3.13. The molecule has 0 amide bonds. The van der Waals surface area contributed by atoms with Crippen LogP contribution in [0.5, 0.6) is 0 Å². The van der Waals surface area contributed by atoms with Crippen molar-refractivity contribution in [3.8, 4) is 0 Å². The van der Waals surface area contributed by atoms with Crippen molar-refractivity contribution in [2.24, 2.45) is 0 Å². The number of benzene rings is 1. The van der Waals surface area contributed by atoms with E-state index in [1.165, 1.54) is 22.5 Å². The number of ketones is 1. The van der Waals surface area contributed by atoms with Gasteiger partial charge in [-0.05, 0) is 36.1 Å². The zero-order valence-corrected chi connectivity index (χ0v) is 13.1. The summed E-state index contributed by atoms with van der Waals surface area (Å²) in [4.78, 5) is 12.4. The van der Waals surface area contributed by atoms with Crippen molar-refractivity contribution in [1.82, 2.24) is 0 Å². The van der Waals surface area contributed by atoms with Gasteiger partial charge >= 0.3 is 0 Å². The molecule has 0 atom stereocenters. The van der Waals surface area contributed by atoms with Gasteiger partial charge in [0.2, 0.25) is 0 Å². The first kappa shape index (κ1) is 14.6. The van der Waals surface area contributed by atoms with Crippen LogP contribution in [0.15, 0.2) is 24.3 Å². The molecule has 0 aliphatic carbocycles. The standard InChI is InChI=1S/C15H14Cl2OS/c1-3-9-5-6-11(7-10(9)4-2)14(18)12-8-13(16)19-15(12)17/h5-8H,3-4H2,1-2H3. The van der Waals surface area contributed by atoms with E-state index in [4.69, 9.17) is 23.2 Å². The molecule has 0 saturated carbocycles. The number of hydrogen-bond acceptors (Lipinski definition) is 2. The summed E-state index contributed by atoms with van der Waals surface area (Å²) in [6, 6.07) is 7.48. The molecular formula is C15H14Cl2OS. The van der Waals surface area contributed by atoms with Crippen LogP contribution in [-0.4, -0.2) is 5.78 Å². The maximum absolute atomic E-state index is 12.4. The first-order valence-electron chi connectivity index (χ1n) is 6.18. The van der Waals surface area contributed by atoms with Crippen LogP contribution < -0.4 is 0 Å². The molecule has 0 aliphatic rings. The lowest BCUT2D eigenvalue weighted by molar-refractivity contribution is 0.103. The Labute approximate surface area is 127 Å². The Hall–Kier alpha value is -0.830. The Morgan fingerprint density at radius 3 is 2.32 bits per heavy atom. The van der Waals surface area contributed by atoms with Crippen LogP contribution in [0.1, 0.15) is 40.9 Å². The van der Waals surface area contributed by atoms with Gasteiger partial charge in [0.05, 0.1) is 9.90 Å². The van der Waals surface area contributed by atoms with Gasteiger partial charge < -0.3 is 0 Å². The number of aryl methyl sites for hydroxylation is 2. The normalized spacial score (nSPS) is 10.7. The molecule has 1 aromatic heterocycles. The topological polar surface area (TPSA) is 17.1 Å².